The van der Waals surface area contributed by atoms with Gasteiger partial charge in [-0.3, -0.25) is 0 Å². The maximum Gasteiger partial charge on any atom is -0.0182 e. The van der Waals surface area contributed by atoms with Crippen LogP contribution in [0.5, 0.6) is 0 Å². The van der Waals surface area contributed by atoms with Crippen LogP contribution in [0.1, 0.15) is 162 Å². The molecule has 0 aliphatic heterocycles. The van der Waals surface area contributed by atoms with E-state index in [1.54, 1.807) is 0 Å². The van der Waals surface area contributed by atoms with Gasteiger partial charge in [-0.05, 0) is 75.9 Å². The summed E-state index contributed by atoms with van der Waals surface area (Å²) in [5.74, 6) is 3.83. The summed E-state index contributed by atoms with van der Waals surface area (Å²) in [7, 11) is 0. The van der Waals surface area contributed by atoms with Crippen molar-refractivity contribution in [3.05, 3.63) is 0 Å². The molecule has 8 unspecified atom stereocenters. The molecule has 0 heterocycles. The molecule has 34 heavy (non-hydrogen) atoms. The zero-order valence-electron chi connectivity index (χ0n) is 26.8. The third-order valence-corrected chi connectivity index (χ3v) is 12.7. The van der Waals surface area contributed by atoms with E-state index in [2.05, 4.69) is 104 Å². The maximum atomic E-state index is 2.81. The third-order valence-electron chi connectivity index (χ3n) is 12.7. The molecule has 0 saturated heterocycles. The monoisotopic (exact) mass is 477 g/mol. The first kappa shape index (κ1) is 32.0. The largest absolute Gasteiger partial charge is 0.0654 e. The minimum Gasteiger partial charge on any atom is -0.0654 e. The van der Waals surface area contributed by atoms with Crippen LogP contribution < -0.4 is 0 Å². The van der Waals surface area contributed by atoms with Crippen molar-refractivity contribution >= 4 is 0 Å². The lowest BCUT2D eigenvalue weighted by Crippen LogP contribution is -2.62. The average molecular weight is 477 g/mol. The van der Waals surface area contributed by atoms with Gasteiger partial charge in [-0.2, -0.15) is 0 Å². The van der Waals surface area contributed by atoms with Gasteiger partial charge < -0.3 is 0 Å². The zero-order chi connectivity index (χ0) is 26.8. The van der Waals surface area contributed by atoms with Crippen LogP contribution in [-0.2, 0) is 0 Å². The Hall–Kier alpha value is 0. The van der Waals surface area contributed by atoms with E-state index in [1.165, 1.54) is 57.8 Å². The van der Waals surface area contributed by atoms with Crippen molar-refractivity contribution in [2.24, 2.45) is 56.7 Å². The van der Waals surface area contributed by atoms with Crippen LogP contribution >= 0.6 is 0 Å². The Labute approximate surface area is 218 Å². The van der Waals surface area contributed by atoms with E-state index in [0.717, 1.165) is 29.6 Å². The Morgan fingerprint density at radius 3 is 1.26 bits per heavy atom. The molecule has 204 valence electrons. The van der Waals surface area contributed by atoms with Crippen LogP contribution in [0.4, 0.5) is 0 Å². The normalized spacial score (nSPS) is 35.7. The van der Waals surface area contributed by atoms with E-state index < -0.39 is 0 Å². The molecule has 1 rings (SSSR count). The van der Waals surface area contributed by atoms with Crippen molar-refractivity contribution in [3.8, 4) is 0 Å². The molecule has 0 aromatic heterocycles. The first-order valence-corrected chi connectivity index (χ1v) is 15.5. The third kappa shape index (κ3) is 5.19. The zero-order valence-corrected chi connectivity index (χ0v) is 26.8. The van der Waals surface area contributed by atoms with Crippen molar-refractivity contribution < 1.29 is 0 Å². The highest BCUT2D eigenvalue weighted by molar-refractivity contribution is 5.17. The van der Waals surface area contributed by atoms with Crippen LogP contribution in [0.15, 0.2) is 0 Å². The van der Waals surface area contributed by atoms with Gasteiger partial charge in [-0.1, -0.05) is 142 Å². The first-order valence-electron chi connectivity index (χ1n) is 15.5. The Bertz CT molecular complexity index is 614. The van der Waals surface area contributed by atoms with Gasteiger partial charge in [-0.15, -0.1) is 0 Å². The molecule has 0 radical (unpaired) electrons. The number of hydrogen-bond acceptors (Lipinski definition) is 0. The predicted octanol–water partition coefficient (Wildman–Crippen LogP) is 11.8. The highest BCUT2D eigenvalue weighted by atomic mass is 14.7. The molecule has 8 atom stereocenters. The summed E-state index contributed by atoms with van der Waals surface area (Å²) in [6, 6.07) is 0. The first-order chi connectivity index (χ1) is 15.5. The Morgan fingerprint density at radius 2 is 0.912 bits per heavy atom. The fourth-order valence-corrected chi connectivity index (χ4v) is 10.2. The van der Waals surface area contributed by atoms with Gasteiger partial charge in [0.1, 0.15) is 0 Å². The van der Waals surface area contributed by atoms with Crippen LogP contribution in [0.2, 0.25) is 0 Å². The Balaban J connectivity index is 4.12. The molecular formula is C34H68. The Morgan fingerprint density at radius 1 is 0.529 bits per heavy atom. The molecule has 1 aliphatic carbocycles. The highest BCUT2D eigenvalue weighted by Gasteiger charge is 2.68. The minimum atomic E-state index is 0.278. The summed E-state index contributed by atoms with van der Waals surface area (Å²) in [6.45, 7) is 39.1. The van der Waals surface area contributed by atoms with Gasteiger partial charge in [0.05, 0.1) is 0 Å². The molecule has 0 heteroatoms. The van der Waals surface area contributed by atoms with Crippen molar-refractivity contribution in [1.82, 2.24) is 0 Å². The standard InChI is InChI=1S/C34H68/c1-16-21-27(8)32(13)23-30(9,10)33(14,28(20-5)25(6)18-3)34(15,31(11,12)24-32)29(22-17-2)26(7)19-4/h25-29H,16-24H2,1-15H3. The Kier molecular flexibility index (Phi) is 10.9. The van der Waals surface area contributed by atoms with Gasteiger partial charge in [0, 0.05) is 0 Å². The summed E-state index contributed by atoms with van der Waals surface area (Å²) in [5, 5.41) is 0. The molecule has 0 N–H and O–H groups in total. The van der Waals surface area contributed by atoms with E-state index in [-0.39, 0.29) is 21.7 Å². The molecular weight excluding hydrogens is 408 g/mol. The summed E-state index contributed by atoms with van der Waals surface area (Å²) >= 11 is 0. The lowest BCUT2D eigenvalue weighted by molar-refractivity contribution is -0.198. The van der Waals surface area contributed by atoms with E-state index in [0.29, 0.717) is 5.41 Å². The molecule has 1 fully saturated rings. The van der Waals surface area contributed by atoms with Crippen LogP contribution in [0.3, 0.4) is 0 Å². The summed E-state index contributed by atoms with van der Waals surface area (Å²) < 4.78 is 0. The lowest BCUT2D eigenvalue weighted by Gasteiger charge is -2.67. The van der Waals surface area contributed by atoms with E-state index >= 15 is 0 Å². The second-order valence-corrected chi connectivity index (χ2v) is 15.1. The molecule has 0 nitrogen and oxygen atoms in total. The molecule has 0 spiro atoms. The average Bonchev–Trinajstić information content (AvgIpc) is 2.78. The number of hydrogen-bond donors (Lipinski definition) is 0. The maximum absolute atomic E-state index is 2.81. The fraction of sp³-hybridized carbons (Fsp3) is 1.00. The van der Waals surface area contributed by atoms with Gasteiger partial charge >= 0.3 is 0 Å². The van der Waals surface area contributed by atoms with Crippen molar-refractivity contribution in [3.63, 3.8) is 0 Å². The highest BCUT2D eigenvalue weighted by Crippen LogP contribution is 2.75. The topological polar surface area (TPSA) is 0 Å². The van der Waals surface area contributed by atoms with E-state index in [4.69, 9.17) is 0 Å². The van der Waals surface area contributed by atoms with Crippen molar-refractivity contribution in [2.75, 3.05) is 0 Å². The van der Waals surface area contributed by atoms with Gasteiger partial charge in [0.2, 0.25) is 0 Å². The number of rotatable bonds is 12. The summed E-state index contributed by atoms with van der Waals surface area (Å²) in [6.07, 6.45) is 12.0. The van der Waals surface area contributed by atoms with Crippen molar-refractivity contribution in [2.45, 2.75) is 162 Å². The smallest absolute Gasteiger partial charge is 0.0182 e. The molecule has 0 bridgehead atoms. The molecule has 0 aromatic carbocycles. The molecule has 1 aliphatic rings. The van der Waals surface area contributed by atoms with Crippen LogP contribution in [-0.4, -0.2) is 0 Å². The summed E-state index contributed by atoms with van der Waals surface area (Å²) in [4.78, 5) is 0. The van der Waals surface area contributed by atoms with Crippen LogP contribution in [0.25, 0.3) is 0 Å². The second kappa shape index (κ2) is 11.6. The van der Waals surface area contributed by atoms with Crippen LogP contribution in [0, 0.1) is 56.7 Å². The van der Waals surface area contributed by atoms with Gasteiger partial charge in [0.15, 0.2) is 0 Å². The molecule has 0 aromatic rings. The lowest BCUT2D eigenvalue weighted by atomic mass is 9.37. The second-order valence-electron chi connectivity index (χ2n) is 15.1. The molecule has 1 saturated carbocycles. The molecule has 0 amide bonds. The van der Waals surface area contributed by atoms with Gasteiger partial charge in [-0.25, -0.2) is 0 Å². The van der Waals surface area contributed by atoms with E-state index in [9.17, 15) is 0 Å². The predicted molar refractivity (Wildman–Crippen MR) is 156 cm³/mol. The minimum absolute atomic E-state index is 0.278. The van der Waals surface area contributed by atoms with Crippen molar-refractivity contribution in [1.29, 1.82) is 0 Å². The quantitative estimate of drug-likeness (QED) is 0.246. The van der Waals surface area contributed by atoms with E-state index in [1.807, 2.05) is 0 Å². The van der Waals surface area contributed by atoms with Gasteiger partial charge in [0.25, 0.3) is 0 Å². The SMILES string of the molecule is CCCC(C)C1(C)CC(C)(C)C(C)(C(CC)C(C)CC)C(C)(C(CCC)C(C)CC)C(C)(C)C1. The summed E-state index contributed by atoms with van der Waals surface area (Å²) in [5.41, 5.74) is 1.53. The fourth-order valence-electron chi connectivity index (χ4n) is 10.2.